The molecule has 1 aliphatic rings. The molecule has 0 aliphatic carbocycles. The zero-order chi connectivity index (χ0) is 13.5. The van der Waals surface area contributed by atoms with Crippen LogP contribution in [0, 0.1) is 6.92 Å². The van der Waals surface area contributed by atoms with E-state index in [0.717, 1.165) is 26.1 Å². The van der Waals surface area contributed by atoms with Crippen molar-refractivity contribution in [3.8, 4) is 0 Å². The molecule has 0 saturated carbocycles. The number of nitrogens with two attached hydrogens (primary N) is 1. The molecule has 0 saturated heterocycles. The van der Waals surface area contributed by atoms with Crippen molar-refractivity contribution in [1.29, 1.82) is 0 Å². The zero-order valence-corrected chi connectivity index (χ0v) is 11.9. The van der Waals surface area contributed by atoms with E-state index in [-0.39, 0.29) is 0 Å². The Hall–Kier alpha value is -1.35. The molecule has 0 amide bonds. The highest BCUT2D eigenvalue weighted by atomic mass is 15.5. The van der Waals surface area contributed by atoms with Crippen LogP contribution in [0.3, 0.4) is 0 Å². The first kappa shape index (κ1) is 14.1. The van der Waals surface area contributed by atoms with E-state index in [1.807, 2.05) is 0 Å². The van der Waals surface area contributed by atoms with E-state index in [0.29, 0.717) is 5.92 Å². The summed E-state index contributed by atoms with van der Waals surface area (Å²) in [5.74, 6) is 0.463. The molecule has 0 aromatic heterocycles. The molecule has 1 aliphatic heterocycles. The Morgan fingerprint density at radius 3 is 2.79 bits per heavy atom. The van der Waals surface area contributed by atoms with E-state index in [1.54, 1.807) is 0 Å². The van der Waals surface area contributed by atoms with Gasteiger partial charge in [0.05, 0.1) is 0 Å². The number of nitrogens with zero attached hydrogens (tertiary/aromatic N) is 2. The molecule has 0 spiro atoms. The minimum atomic E-state index is 0.463. The minimum Gasteiger partial charge on any atom is -0.330 e. The summed E-state index contributed by atoms with van der Waals surface area (Å²) in [7, 11) is 0. The number of benzene rings is 1. The van der Waals surface area contributed by atoms with Crippen LogP contribution in [0.15, 0.2) is 29.4 Å². The standard InChI is InChI=1S/C16H25N3/c1-14-8-4-5-9-16(14)15-12-18-19(13-15)11-7-3-2-6-10-17/h4-5,8-9,12,15H,2-3,6-7,10-11,13,17H2,1H3. The fourth-order valence-electron chi connectivity index (χ4n) is 2.62. The van der Waals surface area contributed by atoms with Gasteiger partial charge < -0.3 is 5.73 Å². The van der Waals surface area contributed by atoms with Crippen LogP contribution in [0.1, 0.15) is 42.7 Å². The highest BCUT2D eigenvalue weighted by molar-refractivity contribution is 5.70. The second-order valence-electron chi connectivity index (χ2n) is 5.34. The number of rotatable bonds is 7. The average molecular weight is 259 g/mol. The molecule has 1 aromatic carbocycles. The summed E-state index contributed by atoms with van der Waals surface area (Å²) in [5.41, 5.74) is 8.27. The fraction of sp³-hybridized carbons (Fsp3) is 0.562. The quantitative estimate of drug-likeness (QED) is 0.765. The van der Waals surface area contributed by atoms with E-state index in [2.05, 4.69) is 47.5 Å². The third-order valence-corrected chi connectivity index (χ3v) is 3.78. The van der Waals surface area contributed by atoms with Gasteiger partial charge >= 0.3 is 0 Å². The zero-order valence-electron chi connectivity index (χ0n) is 11.9. The average Bonchev–Trinajstić information content (AvgIpc) is 2.88. The molecule has 0 bridgehead atoms. The number of hydrazone groups is 1. The van der Waals surface area contributed by atoms with Crippen molar-refractivity contribution in [3.63, 3.8) is 0 Å². The Labute approximate surface area is 116 Å². The SMILES string of the molecule is Cc1ccccc1C1C=NN(CCCCCCN)C1. The van der Waals surface area contributed by atoms with E-state index < -0.39 is 0 Å². The molecule has 19 heavy (non-hydrogen) atoms. The maximum absolute atomic E-state index is 5.50. The van der Waals surface area contributed by atoms with Gasteiger partial charge in [0, 0.05) is 25.2 Å². The topological polar surface area (TPSA) is 41.6 Å². The maximum atomic E-state index is 5.50. The molecule has 104 valence electrons. The molecule has 1 unspecified atom stereocenters. The van der Waals surface area contributed by atoms with E-state index in [1.165, 1.54) is 30.4 Å². The molecule has 3 nitrogen and oxygen atoms in total. The van der Waals surface area contributed by atoms with Crippen LogP contribution < -0.4 is 5.73 Å². The summed E-state index contributed by atoms with van der Waals surface area (Å²) in [6, 6.07) is 8.61. The van der Waals surface area contributed by atoms with Gasteiger partial charge in [-0.05, 0) is 37.4 Å². The van der Waals surface area contributed by atoms with Gasteiger partial charge in [0.2, 0.25) is 0 Å². The minimum absolute atomic E-state index is 0.463. The second kappa shape index (κ2) is 7.29. The van der Waals surface area contributed by atoms with Crippen LogP contribution in [0.25, 0.3) is 0 Å². The van der Waals surface area contributed by atoms with Crippen LogP contribution in [-0.4, -0.2) is 30.9 Å². The van der Waals surface area contributed by atoms with Crippen LogP contribution in [0.4, 0.5) is 0 Å². The molecule has 0 fully saturated rings. The number of aryl methyl sites for hydroxylation is 1. The smallest absolute Gasteiger partial charge is 0.0479 e. The van der Waals surface area contributed by atoms with Gasteiger partial charge in [-0.3, -0.25) is 5.01 Å². The summed E-state index contributed by atoms with van der Waals surface area (Å²) in [5, 5.41) is 6.74. The number of hydrogen-bond acceptors (Lipinski definition) is 3. The van der Waals surface area contributed by atoms with E-state index in [4.69, 9.17) is 5.73 Å². The fourth-order valence-corrected chi connectivity index (χ4v) is 2.62. The summed E-state index contributed by atoms with van der Waals surface area (Å²) >= 11 is 0. The predicted octanol–water partition coefficient (Wildman–Crippen LogP) is 2.90. The van der Waals surface area contributed by atoms with Crippen LogP contribution in [0.2, 0.25) is 0 Å². The van der Waals surface area contributed by atoms with E-state index in [9.17, 15) is 0 Å². The van der Waals surface area contributed by atoms with Gasteiger partial charge in [0.1, 0.15) is 0 Å². The molecule has 1 aromatic rings. The third kappa shape index (κ3) is 4.06. The molecular formula is C16H25N3. The summed E-state index contributed by atoms with van der Waals surface area (Å²) in [4.78, 5) is 0. The van der Waals surface area contributed by atoms with Crippen LogP contribution in [0.5, 0.6) is 0 Å². The van der Waals surface area contributed by atoms with Crippen molar-refractivity contribution in [3.05, 3.63) is 35.4 Å². The van der Waals surface area contributed by atoms with Gasteiger partial charge in [-0.2, -0.15) is 5.10 Å². The van der Waals surface area contributed by atoms with Crippen molar-refractivity contribution < 1.29 is 0 Å². The Kier molecular flexibility index (Phi) is 5.40. The Balaban J connectivity index is 1.75. The lowest BCUT2D eigenvalue weighted by molar-refractivity contribution is 0.301. The lowest BCUT2D eigenvalue weighted by Gasteiger charge is -2.17. The van der Waals surface area contributed by atoms with Crippen LogP contribution >= 0.6 is 0 Å². The first-order valence-corrected chi connectivity index (χ1v) is 7.36. The number of hydrogen-bond donors (Lipinski definition) is 1. The van der Waals surface area contributed by atoms with Gasteiger partial charge in [-0.25, -0.2) is 0 Å². The van der Waals surface area contributed by atoms with Gasteiger partial charge in [0.25, 0.3) is 0 Å². The van der Waals surface area contributed by atoms with Crippen molar-refractivity contribution in [1.82, 2.24) is 5.01 Å². The molecule has 0 radical (unpaired) electrons. The molecule has 3 heteroatoms. The highest BCUT2D eigenvalue weighted by Crippen LogP contribution is 2.23. The Morgan fingerprint density at radius 2 is 2.00 bits per heavy atom. The monoisotopic (exact) mass is 259 g/mol. The summed E-state index contributed by atoms with van der Waals surface area (Å²) < 4.78 is 0. The Bertz CT molecular complexity index is 414. The molecule has 2 rings (SSSR count). The van der Waals surface area contributed by atoms with Crippen molar-refractivity contribution >= 4 is 6.21 Å². The molecular weight excluding hydrogens is 234 g/mol. The maximum Gasteiger partial charge on any atom is 0.0479 e. The largest absolute Gasteiger partial charge is 0.330 e. The van der Waals surface area contributed by atoms with Gasteiger partial charge in [0.15, 0.2) is 0 Å². The highest BCUT2D eigenvalue weighted by Gasteiger charge is 2.19. The van der Waals surface area contributed by atoms with Gasteiger partial charge in [-0.15, -0.1) is 0 Å². The first-order valence-electron chi connectivity index (χ1n) is 7.36. The van der Waals surface area contributed by atoms with Crippen molar-refractivity contribution in [2.24, 2.45) is 10.8 Å². The first-order chi connectivity index (χ1) is 9.31. The van der Waals surface area contributed by atoms with Crippen molar-refractivity contribution in [2.45, 2.75) is 38.5 Å². The third-order valence-electron chi connectivity index (χ3n) is 3.78. The summed E-state index contributed by atoms with van der Waals surface area (Å²) in [6.07, 6.45) is 6.97. The molecule has 1 atom stereocenters. The van der Waals surface area contributed by atoms with Crippen LogP contribution in [-0.2, 0) is 0 Å². The Morgan fingerprint density at radius 1 is 1.21 bits per heavy atom. The predicted molar refractivity (Wildman–Crippen MR) is 81.5 cm³/mol. The van der Waals surface area contributed by atoms with Crippen molar-refractivity contribution in [2.75, 3.05) is 19.6 Å². The second-order valence-corrected chi connectivity index (χ2v) is 5.34. The lowest BCUT2D eigenvalue weighted by atomic mass is 9.96. The molecule has 2 N–H and O–H groups in total. The number of unbranched alkanes of at least 4 members (excludes halogenated alkanes) is 3. The normalized spacial score (nSPS) is 18.2. The lowest BCUT2D eigenvalue weighted by Crippen LogP contribution is -2.19. The molecule has 1 heterocycles. The van der Waals surface area contributed by atoms with Gasteiger partial charge in [-0.1, -0.05) is 37.1 Å². The van der Waals surface area contributed by atoms with E-state index >= 15 is 0 Å². The summed E-state index contributed by atoms with van der Waals surface area (Å²) in [6.45, 7) is 5.10.